The van der Waals surface area contributed by atoms with Crippen molar-refractivity contribution >= 4 is 40.1 Å². The number of anilines is 1. The van der Waals surface area contributed by atoms with E-state index in [0.717, 1.165) is 19.2 Å². The number of ether oxygens (including phenoxy) is 4. The Morgan fingerprint density at radius 3 is 2.62 bits per heavy atom. The van der Waals surface area contributed by atoms with E-state index in [0.29, 0.717) is 58.5 Å². The zero-order chi connectivity index (χ0) is 31.8. The normalized spacial score (nSPS) is 14.0. The summed E-state index contributed by atoms with van der Waals surface area (Å²) < 4.78 is 37.7. The first kappa shape index (κ1) is 31.9. The average molecular weight is 639 g/mol. The van der Waals surface area contributed by atoms with Crippen LogP contribution in [0.4, 0.5) is 14.9 Å². The number of aliphatic hydroxyl groups excluding tert-OH is 1. The van der Waals surface area contributed by atoms with Gasteiger partial charge in [0.1, 0.15) is 18.5 Å². The summed E-state index contributed by atoms with van der Waals surface area (Å²) in [5.41, 5.74) is 1.19. The molecule has 3 amide bonds. The number of aromatic nitrogens is 1. The lowest BCUT2D eigenvalue weighted by Crippen LogP contribution is -2.42. The molecule has 236 valence electrons. The van der Waals surface area contributed by atoms with Gasteiger partial charge in [0.2, 0.25) is 5.91 Å². The molecule has 1 fully saturated rings. The van der Waals surface area contributed by atoms with Crippen LogP contribution in [-0.4, -0.2) is 79.6 Å². The lowest BCUT2D eigenvalue weighted by Gasteiger charge is -2.28. The second kappa shape index (κ2) is 15.0. The van der Waals surface area contributed by atoms with Crippen molar-refractivity contribution in [1.82, 2.24) is 15.2 Å². The number of halogens is 2. The molecule has 1 aromatic heterocycles. The first-order valence-corrected chi connectivity index (χ1v) is 14.6. The average Bonchev–Trinajstić information content (AvgIpc) is 3.02. The fourth-order valence-electron chi connectivity index (χ4n) is 4.74. The van der Waals surface area contributed by atoms with Crippen molar-refractivity contribution in [3.05, 3.63) is 83.3 Å². The summed E-state index contributed by atoms with van der Waals surface area (Å²) in [7, 11) is 1.49. The van der Waals surface area contributed by atoms with Crippen molar-refractivity contribution in [1.29, 1.82) is 0 Å². The molecule has 3 N–H and O–H groups in total. The Morgan fingerprint density at radius 1 is 1.07 bits per heavy atom. The number of nitrogens with one attached hydrogen (secondary N) is 2. The first-order valence-electron chi connectivity index (χ1n) is 14.2. The van der Waals surface area contributed by atoms with E-state index in [4.69, 9.17) is 30.5 Å². The van der Waals surface area contributed by atoms with Gasteiger partial charge in [0.25, 0.3) is 0 Å². The first-order chi connectivity index (χ1) is 21.8. The third-order valence-electron chi connectivity index (χ3n) is 6.96. The number of carbonyl (C=O) groups is 2. The summed E-state index contributed by atoms with van der Waals surface area (Å²) in [6.45, 7) is 3.29. The van der Waals surface area contributed by atoms with Gasteiger partial charge in [0.15, 0.2) is 23.1 Å². The van der Waals surface area contributed by atoms with Gasteiger partial charge in [0, 0.05) is 54.1 Å². The van der Waals surface area contributed by atoms with Crippen LogP contribution in [0.3, 0.4) is 0 Å². The maximum atomic E-state index is 15.1. The Morgan fingerprint density at radius 2 is 1.87 bits per heavy atom. The molecule has 13 heteroatoms. The fraction of sp³-hybridized carbons (Fsp3) is 0.281. The topological polar surface area (TPSA) is 131 Å². The number of aliphatic hydroxyl groups is 1. The van der Waals surface area contributed by atoms with Crippen molar-refractivity contribution in [2.24, 2.45) is 0 Å². The molecule has 1 aliphatic heterocycles. The molecule has 2 heterocycles. The maximum absolute atomic E-state index is 15.1. The van der Waals surface area contributed by atoms with Crippen LogP contribution < -0.4 is 24.8 Å². The number of morpholine rings is 1. The Hall–Kier alpha value is -4.49. The highest BCUT2D eigenvalue weighted by atomic mass is 35.5. The molecule has 4 aromatic rings. The number of rotatable bonds is 11. The van der Waals surface area contributed by atoms with E-state index in [-0.39, 0.29) is 24.5 Å². The van der Waals surface area contributed by atoms with Crippen LogP contribution in [0.1, 0.15) is 5.56 Å². The van der Waals surface area contributed by atoms with Crippen LogP contribution in [0.5, 0.6) is 23.0 Å². The van der Waals surface area contributed by atoms with Crippen molar-refractivity contribution in [3.8, 4) is 23.0 Å². The molecule has 1 saturated heterocycles. The van der Waals surface area contributed by atoms with Gasteiger partial charge in [-0.25, -0.2) is 9.18 Å². The molecule has 1 atom stereocenters. The Labute approximate surface area is 263 Å². The number of carbonyl (C=O) groups excluding carboxylic acids is 2. The van der Waals surface area contributed by atoms with Gasteiger partial charge in [-0.05, 0) is 35.9 Å². The quantitative estimate of drug-likeness (QED) is 0.212. The predicted molar refractivity (Wildman–Crippen MR) is 166 cm³/mol. The number of fused-ring (bicyclic) bond motifs is 1. The molecular formula is C32H32ClFN4O7. The summed E-state index contributed by atoms with van der Waals surface area (Å²) in [5.74, 6) is -0.344. The summed E-state index contributed by atoms with van der Waals surface area (Å²) in [4.78, 5) is 31.0. The Balaban J connectivity index is 1.22. The summed E-state index contributed by atoms with van der Waals surface area (Å²) in [6, 6.07) is 14.8. The molecule has 1 unspecified atom stereocenters. The highest BCUT2D eigenvalue weighted by molar-refractivity contribution is 6.31. The van der Waals surface area contributed by atoms with E-state index in [1.165, 1.54) is 25.4 Å². The fourth-order valence-corrected chi connectivity index (χ4v) is 4.94. The van der Waals surface area contributed by atoms with Gasteiger partial charge in [-0.15, -0.1) is 0 Å². The van der Waals surface area contributed by atoms with Gasteiger partial charge < -0.3 is 29.4 Å². The number of β-amino-alcohol motifs (C(OH)–C–C–N with tert-alkyl or cyclic N) is 1. The number of urea groups is 1. The number of pyridine rings is 1. The van der Waals surface area contributed by atoms with Crippen molar-refractivity contribution in [2.75, 3.05) is 51.9 Å². The summed E-state index contributed by atoms with van der Waals surface area (Å²) in [5, 5.41) is 16.1. The minimum absolute atomic E-state index is 0.0502. The molecule has 0 spiro atoms. The third-order valence-corrected chi connectivity index (χ3v) is 7.33. The highest BCUT2D eigenvalue weighted by Gasteiger charge is 2.18. The van der Waals surface area contributed by atoms with Crippen LogP contribution in [0.2, 0.25) is 5.02 Å². The van der Waals surface area contributed by atoms with E-state index in [1.54, 1.807) is 42.5 Å². The van der Waals surface area contributed by atoms with E-state index >= 15 is 4.39 Å². The Bertz CT molecular complexity index is 1670. The van der Waals surface area contributed by atoms with Crippen LogP contribution >= 0.6 is 11.6 Å². The van der Waals surface area contributed by atoms with Gasteiger partial charge >= 0.3 is 6.03 Å². The molecule has 0 bridgehead atoms. The lowest BCUT2D eigenvalue weighted by molar-refractivity contribution is -0.119. The smallest absolute Gasteiger partial charge is 0.325 e. The van der Waals surface area contributed by atoms with Gasteiger partial charge in [-0.2, -0.15) is 0 Å². The van der Waals surface area contributed by atoms with Crippen LogP contribution in [0.25, 0.3) is 10.9 Å². The number of amides is 3. The van der Waals surface area contributed by atoms with E-state index in [2.05, 4.69) is 20.5 Å². The molecule has 1 aliphatic rings. The van der Waals surface area contributed by atoms with E-state index < -0.39 is 23.9 Å². The number of methoxy groups -OCH3 is 1. The zero-order valence-corrected chi connectivity index (χ0v) is 25.2. The van der Waals surface area contributed by atoms with Crippen molar-refractivity contribution in [2.45, 2.75) is 12.5 Å². The highest BCUT2D eigenvalue weighted by Crippen LogP contribution is 2.38. The number of imide groups is 1. The zero-order valence-electron chi connectivity index (χ0n) is 24.4. The minimum Gasteiger partial charge on any atom is -0.493 e. The van der Waals surface area contributed by atoms with Crippen molar-refractivity contribution < 1.29 is 38.0 Å². The molecular weight excluding hydrogens is 607 g/mol. The minimum atomic E-state index is -0.820. The molecule has 45 heavy (non-hydrogen) atoms. The second-order valence-electron chi connectivity index (χ2n) is 10.2. The van der Waals surface area contributed by atoms with Gasteiger partial charge in [-0.1, -0.05) is 29.8 Å². The summed E-state index contributed by atoms with van der Waals surface area (Å²) >= 11 is 6.07. The number of hydrogen-bond donors (Lipinski definition) is 3. The molecule has 11 nitrogen and oxygen atoms in total. The van der Waals surface area contributed by atoms with Crippen LogP contribution in [0.15, 0.2) is 66.9 Å². The molecule has 0 aliphatic carbocycles. The standard InChI is InChI=1S/C32H32ClFN4O7/c1-42-29-16-23-26(17-30(29)44-19-22(39)18-38-10-12-43-13-11-38)35-9-8-27(23)45-28-7-6-21(15-25(28)34)36-32(41)37-31(40)14-20-4-2-3-5-24(20)33/h2-9,15-17,22,39H,10-14,18-19H2,1H3,(H2,36,37,40,41). The molecule has 5 rings (SSSR count). The van der Waals surface area contributed by atoms with Gasteiger partial charge in [-0.3, -0.25) is 20.0 Å². The maximum Gasteiger partial charge on any atom is 0.325 e. The van der Waals surface area contributed by atoms with Crippen LogP contribution in [-0.2, 0) is 16.0 Å². The molecule has 0 radical (unpaired) electrons. The third kappa shape index (κ3) is 8.58. The lowest BCUT2D eigenvalue weighted by atomic mass is 10.1. The molecule has 0 saturated carbocycles. The summed E-state index contributed by atoms with van der Waals surface area (Å²) in [6.07, 6.45) is 0.703. The van der Waals surface area contributed by atoms with E-state index in [9.17, 15) is 14.7 Å². The SMILES string of the molecule is COc1cc2c(Oc3ccc(NC(=O)NC(=O)Cc4ccccc4Cl)cc3F)ccnc2cc1OCC(O)CN1CCOCC1. The monoisotopic (exact) mass is 638 g/mol. The van der Waals surface area contributed by atoms with Gasteiger partial charge in [0.05, 0.1) is 32.3 Å². The number of benzene rings is 3. The number of nitrogens with zero attached hydrogens (tertiary/aromatic N) is 2. The number of hydrogen-bond acceptors (Lipinski definition) is 9. The predicted octanol–water partition coefficient (Wildman–Crippen LogP) is 4.79. The largest absolute Gasteiger partial charge is 0.493 e. The van der Waals surface area contributed by atoms with Crippen molar-refractivity contribution in [3.63, 3.8) is 0 Å². The van der Waals surface area contributed by atoms with Crippen LogP contribution in [0, 0.1) is 5.82 Å². The second-order valence-corrected chi connectivity index (χ2v) is 10.6. The molecule has 3 aromatic carbocycles. The Kier molecular flexibility index (Phi) is 10.6. The van der Waals surface area contributed by atoms with E-state index in [1.807, 2.05) is 0 Å².